The minimum absolute atomic E-state index is 0.222. The maximum Gasteiger partial charge on any atom is 0.338 e. The molecule has 0 unspecified atom stereocenters. The van der Waals surface area contributed by atoms with Crippen LogP contribution in [0.15, 0.2) is 110 Å². The molecule has 0 saturated carbocycles. The van der Waals surface area contributed by atoms with E-state index >= 15 is 0 Å². The standard InChI is InChI=1S/C35H29BrN2O5S/c1-4-42-34(40)30-21(2)37-35-38(31(30)24-12-6-5-7-13-24)33(39)29(44-35)19-22-17-27(36)32(28(18-22)41-3)43-20-25-15-10-14-23-11-8-9-16-26(23)25/h5-19,31H,4,20H2,1-3H3/b29-19+/t31-/m0/s1. The quantitative estimate of drug-likeness (QED) is 0.181. The molecule has 0 fully saturated rings. The normalized spacial score (nSPS) is 14.7. The van der Waals surface area contributed by atoms with Gasteiger partial charge in [0.05, 0.1) is 40.0 Å². The van der Waals surface area contributed by atoms with E-state index in [1.165, 1.54) is 11.3 Å². The maximum atomic E-state index is 13.9. The molecule has 0 N–H and O–H groups in total. The number of halogens is 1. The second-order valence-electron chi connectivity index (χ2n) is 10.2. The minimum Gasteiger partial charge on any atom is -0.493 e. The molecule has 0 saturated heterocycles. The number of thiazole rings is 1. The number of nitrogens with zero attached hydrogens (tertiary/aromatic N) is 2. The van der Waals surface area contributed by atoms with Gasteiger partial charge in [-0.25, -0.2) is 9.79 Å². The molecule has 222 valence electrons. The number of methoxy groups -OCH3 is 1. The molecule has 0 radical (unpaired) electrons. The lowest BCUT2D eigenvalue weighted by Gasteiger charge is -2.24. The van der Waals surface area contributed by atoms with Gasteiger partial charge in [-0.3, -0.25) is 9.36 Å². The van der Waals surface area contributed by atoms with Crippen LogP contribution in [-0.2, 0) is 16.1 Å². The van der Waals surface area contributed by atoms with E-state index in [0.717, 1.165) is 27.5 Å². The fourth-order valence-corrected chi connectivity index (χ4v) is 7.05. The van der Waals surface area contributed by atoms with Crippen molar-refractivity contribution in [2.75, 3.05) is 13.7 Å². The molecular weight excluding hydrogens is 640 g/mol. The zero-order chi connectivity index (χ0) is 30.8. The van der Waals surface area contributed by atoms with Crippen molar-refractivity contribution in [1.82, 2.24) is 4.57 Å². The zero-order valence-electron chi connectivity index (χ0n) is 24.4. The van der Waals surface area contributed by atoms with E-state index in [-0.39, 0.29) is 12.2 Å². The third-order valence-corrected chi connectivity index (χ3v) is 9.01. The van der Waals surface area contributed by atoms with Gasteiger partial charge in [-0.15, -0.1) is 0 Å². The molecule has 4 aromatic carbocycles. The van der Waals surface area contributed by atoms with Gasteiger partial charge in [0.1, 0.15) is 6.61 Å². The number of benzene rings is 4. The Balaban J connectivity index is 1.39. The maximum absolute atomic E-state index is 13.9. The van der Waals surface area contributed by atoms with Crippen molar-refractivity contribution in [1.29, 1.82) is 0 Å². The van der Waals surface area contributed by atoms with Gasteiger partial charge >= 0.3 is 5.97 Å². The fraction of sp³-hybridized carbons (Fsp3) is 0.171. The van der Waals surface area contributed by atoms with Crippen molar-refractivity contribution in [2.45, 2.75) is 26.5 Å². The summed E-state index contributed by atoms with van der Waals surface area (Å²) in [6.45, 7) is 4.11. The van der Waals surface area contributed by atoms with E-state index in [9.17, 15) is 9.59 Å². The lowest BCUT2D eigenvalue weighted by Crippen LogP contribution is -2.39. The van der Waals surface area contributed by atoms with Gasteiger partial charge in [0.2, 0.25) is 0 Å². The van der Waals surface area contributed by atoms with Crippen LogP contribution in [0.5, 0.6) is 11.5 Å². The summed E-state index contributed by atoms with van der Waals surface area (Å²) in [4.78, 5) is 32.2. The first-order valence-corrected chi connectivity index (χ1v) is 15.7. The number of allylic oxidation sites excluding steroid dienone is 1. The average molecular weight is 670 g/mol. The summed E-state index contributed by atoms with van der Waals surface area (Å²) in [5.41, 5.74) is 3.25. The van der Waals surface area contributed by atoms with E-state index in [1.807, 2.05) is 60.7 Å². The second-order valence-corrected chi connectivity index (χ2v) is 12.0. The molecule has 9 heteroatoms. The number of esters is 1. The molecule has 1 aliphatic rings. The predicted octanol–water partition coefficient (Wildman–Crippen LogP) is 6.30. The summed E-state index contributed by atoms with van der Waals surface area (Å²) in [5, 5.41) is 2.28. The van der Waals surface area contributed by atoms with Gasteiger partial charge in [0.25, 0.3) is 5.56 Å². The Kier molecular flexibility index (Phi) is 8.50. The van der Waals surface area contributed by atoms with Crippen LogP contribution in [0, 0.1) is 0 Å². The first-order valence-electron chi connectivity index (χ1n) is 14.1. The summed E-state index contributed by atoms with van der Waals surface area (Å²) in [7, 11) is 1.59. The van der Waals surface area contributed by atoms with E-state index in [1.54, 1.807) is 31.6 Å². The highest BCUT2D eigenvalue weighted by atomic mass is 79.9. The van der Waals surface area contributed by atoms with Crippen molar-refractivity contribution in [3.05, 3.63) is 137 Å². The summed E-state index contributed by atoms with van der Waals surface area (Å²) < 4.78 is 20.1. The van der Waals surface area contributed by atoms with E-state index < -0.39 is 12.0 Å². The molecule has 1 aliphatic heterocycles. The minimum atomic E-state index is -0.653. The first kappa shape index (κ1) is 29.6. The number of carbonyl (C=O) groups is 1. The highest BCUT2D eigenvalue weighted by molar-refractivity contribution is 9.10. The van der Waals surface area contributed by atoms with E-state index in [0.29, 0.717) is 43.2 Å². The van der Waals surface area contributed by atoms with Gasteiger partial charge in [0, 0.05) is 0 Å². The van der Waals surface area contributed by atoms with Gasteiger partial charge in [-0.1, -0.05) is 84.1 Å². The molecule has 2 heterocycles. The number of ether oxygens (including phenoxy) is 3. The monoisotopic (exact) mass is 668 g/mol. The predicted molar refractivity (Wildman–Crippen MR) is 176 cm³/mol. The van der Waals surface area contributed by atoms with Crippen LogP contribution in [0.25, 0.3) is 16.8 Å². The van der Waals surface area contributed by atoms with Crippen LogP contribution in [-0.4, -0.2) is 24.3 Å². The number of rotatable bonds is 8. The summed E-state index contributed by atoms with van der Waals surface area (Å²) in [5.74, 6) is 0.615. The molecular formula is C35H29BrN2O5S. The first-order chi connectivity index (χ1) is 21.4. The number of fused-ring (bicyclic) bond motifs is 2. The topological polar surface area (TPSA) is 79.1 Å². The molecule has 44 heavy (non-hydrogen) atoms. The summed E-state index contributed by atoms with van der Waals surface area (Å²) in [6.07, 6.45) is 1.80. The number of carbonyl (C=O) groups excluding carboxylic acids is 1. The highest BCUT2D eigenvalue weighted by Crippen LogP contribution is 2.38. The Labute approximate surface area is 266 Å². The van der Waals surface area contributed by atoms with Gasteiger partial charge in [-0.2, -0.15) is 0 Å². The summed E-state index contributed by atoms with van der Waals surface area (Å²) in [6, 6.07) is 26.9. The third-order valence-electron chi connectivity index (χ3n) is 7.43. The third kappa shape index (κ3) is 5.60. The molecule has 1 atom stereocenters. The Bertz CT molecular complexity index is 2090. The van der Waals surface area contributed by atoms with Crippen molar-refractivity contribution < 1.29 is 19.0 Å². The molecule has 0 aliphatic carbocycles. The Morgan fingerprint density at radius 3 is 2.57 bits per heavy atom. The van der Waals surface area contributed by atoms with Crippen molar-refractivity contribution in [2.24, 2.45) is 4.99 Å². The SMILES string of the molecule is CCOC(=O)C1=C(C)N=c2s/c(=C/c3cc(Br)c(OCc4cccc5ccccc45)c(OC)c3)c(=O)n2[C@H]1c1ccccc1. The van der Waals surface area contributed by atoms with Gasteiger partial charge < -0.3 is 14.2 Å². The van der Waals surface area contributed by atoms with Gasteiger partial charge in [-0.05, 0) is 75.4 Å². The summed E-state index contributed by atoms with van der Waals surface area (Å²) >= 11 is 4.93. The zero-order valence-corrected chi connectivity index (χ0v) is 26.8. The van der Waals surface area contributed by atoms with Gasteiger partial charge in [0.15, 0.2) is 16.3 Å². The second kappa shape index (κ2) is 12.6. The van der Waals surface area contributed by atoms with Crippen molar-refractivity contribution in [3.8, 4) is 11.5 Å². The van der Waals surface area contributed by atoms with E-state index in [2.05, 4.69) is 45.2 Å². The Hall–Kier alpha value is -4.47. The van der Waals surface area contributed by atoms with Crippen LogP contribution in [0.3, 0.4) is 0 Å². The van der Waals surface area contributed by atoms with Crippen LogP contribution in [0.2, 0.25) is 0 Å². The van der Waals surface area contributed by atoms with Crippen LogP contribution in [0.1, 0.15) is 36.6 Å². The lowest BCUT2D eigenvalue weighted by atomic mass is 9.96. The molecule has 0 bridgehead atoms. The fourth-order valence-electron chi connectivity index (χ4n) is 5.43. The van der Waals surface area contributed by atoms with Crippen molar-refractivity contribution in [3.63, 3.8) is 0 Å². The number of aromatic nitrogens is 1. The van der Waals surface area contributed by atoms with Crippen LogP contribution in [0.4, 0.5) is 0 Å². The van der Waals surface area contributed by atoms with Crippen LogP contribution < -0.4 is 24.4 Å². The number of hydrogen-bond donors (Lipinski definition) is 0. The van der Waals surface area contributed by atoms with Crippen molar-refractivity contribution >= 4 is 50.1 Å². The Morgan fingerprint density at radius 1 is 1.05 bits per heavy atom. The highest BCUT2D eigenvalue weighted by Gasteiger charge is 2.33. The molecule has 1 aromatic heterocycles. The van der Waals surface area contributed by atoms with Crippen LogP contribution >= 0.6 is 27.3 Å². The van der Waals surface area contributed by atoms with E-state index in [4.69, 9.17) is 14.2 Å². The molecule has 5 aromatic rings. The smallest absolute Gasteiger partial charge is 0.338 e. The number of hydrogen-bond acceptors (Lipinski definition) is 7. The average Bonchev–Trinajstić information content (AvgIpc) is 3.33. The molecule has 6 rings (SSSR count). The Morgan fingerprint density at radius 2 is 1.80 bits per heavy atom. The largest absolute Gasteiger partial charge is 0.493 e. The lowest BCUT2D eigenvalue weighted by molar-refractivity contribution is -0.139. The molecule has 7 nitrogen and oxygen atoms in total. The molecule has 0 spiro atoms. The molecule has 0 amide bonds.